The zero-order valence-electron chi connectivity index (χ0n) is 24.2. The molecular weight excluding hydrogens is 523 g/mol. The summed E-state index contributed by atoms with van der Waals surface area (Å²) in [5.41, 5.74) is 5.15. The molecule has 0 bridgehead atoms. The molecule has 1 fully saturated rings. The quantitative estimate of drug-likeness (QED) is 0.331. The number of halogens is 1. The number of likely N-dealkylation sites (tertiary alicyclic amines) is 1. The molecule has 3 heterocycles. The summed E-state index contributed by atoms with van der Waals surface area (Å²) in [6, 6.07) is 13.2. The van der Waals surface area contributed by atoms with E-state index in [1.54, 1.807) is 18.2 Å². The number of benzene rings is 2. The van der Waals surface area contributed by atoms with Gasteiger partial charge in [0.05, 0.1) is 25.3 Å². The second-order valence-corrected chi connectivity index (χ2v) is 12.1. The number of aliphatic hydroxyl groups excluding tert-OH is 1. The molecular formula is C33H39FN2O5. The third-order valence-electron chi connectivity index (χ3n) is 8.68. The van der Waals surface area contributed by atoms with E-state index in [0.717, 1.165) is 61.0 Å². The molecule has 1 aromatic heterocycles. The van der Waals surface area contributed by atoms with Crippen LogP contribution in [0, 0.1) is 17.2 Å². The van der Waals surface area contributed by atoms with E-state index in [9.17, 15) is 15.0 Å². The van der Waals surface area contributed by atoms with Gasteiger partial charge in [0.15, 0.2) is 0 Å². The average Bonchev–Trinajstić information content (AvgIpc) is 2.97. The van der Waals surface area contributed by atoms with E-state index in [1.807, 2.05) is 18.2 Å². The fourth-order valence-corrected chi connectivity index (χ4v) is 5.73. The molecule has 3 aromatic rings. The number of carbonyl (C=O) groups is 1. The van der Waals surface area contributed by atoms with Gasteiger partial charge in [-0.15, -0.1) is 0 Å². The van der Waals surface area contributed by atoms with Crippen molar-refractivity contribution in [3.05, 3.63) is 76.7 Å². The SMILES string of the molecule is COc1cc(-c2ccc([C@@H]3CCc4ccc([C@H](O)[C@H](C)C(=O)O)cc4O3)cc2CN2CCC(C)(C)CC2)c(F)cn1. The predicted molar refractivity (Wildman–Crippen MR) is 154 cm³/mol. The molecule has 2 N–H and O–H groups in total. The van der Waals surface area contributed by atoms with Gasteiger partial charge in [0.2, 0.25) is 5.88 Å². The molecule has 2 aliphatic heterocycles. The smallest absolute Gasteiger partial charge is 0.309 e. The summed E-state index contributed by atoms with van der Waals surface area (Å²) < 4.78 is 26.8. The fraction of sp³-hybridized carbons (Fsp3) is 0.455. The highest BCUT2D eigenvalue weighted by atomic mass is 19.1. The Kier molecular flexibility index (Phi) is 8.34. The molecule has 0 spiro atoms. The highest BCUT2D eigenvalue weighted by molar-refractivity contribution is 5.71. The number of aromatic nitrogens is 1. The van der Waals surface area contributed by atoms with Crippen molar-refractivity contribution in [2.75, 3.05) is 20.2 Å². The Bertz CT molecular complexity index is 1410. The zero-order chi connectivity index (χ0) is 29.3. The van der Waals surface area contributed by atoms with E-state index in [0.29, 0.717) is 34.7 Å². The molecule has 7 nitrogen and oxygen atoms in total. The summed E-state index contributed by atoms with van der Waals surface area (Å²) in [7, 11) is 1.52. The van der Waals surface area contributed by atoms with Crippen molar-refractivity contribution < 1.29 is 28.9 Å². The van der Waals surface area contributed by atoms with Crippen molar-refractivity contribution in [2.24, 2.45) is 11.3 Å². The highest BCUT2D eigenvalue weighted by Gasteiger charge is 2.29. The van der Waals surface area contributed by atoms with Crippen LogP contribution in [0.15, 0.2) is 48.7 Å². The van der Waals surface area contributed by atoms with Crippen molar-refractivity contribution in [1.29, 1.82) is 0 Å². The minimum Gasteiger partial charge on any atom is -0.485 e. The lowest BCUT2D eigenvalue weighted by atomic mass is 9.82. The second kappa shape index (κ2) is 11.8. The van der Waals surface area contributed by atoms with Gasteiger partial charge in [-0.05, 0) is 85.0 Å². The number of carboxylic acids is 1. The Balaban J connectivity index is 1.46. The fourth-order valence-electron chi connectivity index (χ4n) is 5.73. The summed E-state index contributed by atoms with van der Waals surface area (Å²) in [6.07, 6.45) is 3.63. The molecule has 0 unspecified atom stereocenters. The Labute approximate surface area is 240 Å². The van der Waals surface area contributed by atoms with Crippen LogP contribution in [0.1, 0.15) is 74.5 Å². The van der Waals surface area contributed by atoms with E-state index in [2.05, 4.69) is 29.8 Å². The summed E-state index contributed by atoms with van der Waals surface area (Å²) in [5.74, 6) is -1.37. The number of aryl methyl sites for hydroxylation is 1. The largest absolute Gasteiger partial charge is 0.485 e. The topological polar surface area (TPSA) is 92.1 Å². The van der Waals surface area contributed by atoms with Gasteiger partial charge in [-0.3, -0.25) is 9.69 Å². The lowest BCUT2D eigenvalue weighted by molar-refractivity contribution is -0.145. The standard InChI is InChI=1S/C33H39FN2O5/c1-20(32(38)39)31(37)23-6-5-21-8-10-28(41-29(21)16-23)22-7-9-25(26-17-30(40-4)35-18-27(26)34)24(15-22)19-36-13-11-33(2,3)12-14-36/h5-7,9,15-18,20,28,31,37H,8,10-14,19H2,1-4H3,(H,38,39)/t20-,28-,31+/m0/s1. The second-order valence-electron chi connectivity index (χ2n) is 12.1. The third kappa shape index (κ3) is 6.39. The summed E-state index contributed by atoms with van der Waals surface area (Å²) in [4.78, 5) is 17.9. The number of fused-ring (bicyclic) bond motifs is 1. The predicted octanol–water partition coefficient (Wildman–Crippen LogP) is 6.34. The molecule has 1 saturated heterocycles. The molecule has 2 aromatic carbocycles. The molecule has 41 heavy (non-hydrogen) atoms. The number of pyridine rings is 1. The minimum atomic E-state index is -1.13. The van der Waals surface area contributed by atoms with Crippen LogP contribution in [0.2, 0.25) is 0 Å². The van der Waals surface area contributed by atoms with E-state index < -0.39 is 23.8 Å². The first kappa shape index (κ1) is 29.0. The Hall–Kier alpha value is -3.49. The number of ether oxygens (including phenoxy) is 2. The maximum absolute atomic E-state index is 15.1. The molecule has 8 heteroatoms. The number of hydrogen-bond acceptors (Lipinski definition) is 6. The monoisotopic (exact) mass is 562 g/mol. The lowest BCUT2D eigenvalue weighted by Gasteiger charge is -2.37. The Morgan fingerprint density at radius 1 is 1.17 bits per heavy atom. The normalized spacial score (nSPS) is 20.0. The van der Waals surface area contributed by atoms with E-state index >= 15 is 4.39 Å². The number of nitrogens with zero attached hydrogens (tertiary/aromatic N) is 2. The van der Waals surface area contributed by atoms with Crippen LogP contribution in [0.4, 0.5) is 4.39 Å². The van der Waals surface area contributed by atoms with Gasteiger partial charge in [0, 0.05) is 18.2 Å². The summed E-state index contributed by atoms with van der Waals surface area (Å²) in [5, 5.41) is 19.9. The van der Waals surface area contributed by atoms with Gasteiger partial charge in [-0.1, -0.05) is 44.2 Å². The first-order valence-corrected chi connectivity index (χ1v) is 14.3. The van der Waals surface area contributed by atoms with Crippen molar-refractivity contribution in [3.63, 3.8) is 0 Å². The average molecular weight is 563 g/mol. The van der Waals surface area contributed by atoms with Crippen LogP contribution in [-0.2, 0) is 17.8 Å². The van der Waals surface area contributed by atoms with Gasteiger partial charge < -0.3 is 19.7 Å². The van der Waals surface area contributed by atoms with Crippen molar-refractivity contribution in [1.82, 2.24) is 9.88 Å². The van der Waals surface area contributed by atoms with Gasteiger partial charge in [-0.25, -0.2) is 9.37 Å². The summed E-state index contributed by atoms with van der Waals surface area (Å²) in [6.45, 7) is 8.75. The molecule has 0 radical (unpaired) electrons. The van der Waals surface area contributed by atoms with Crippen LogP contribution < -0.4 is 9.47 Å². The zero-order valence-corrected chi connectivity index (χ0v) is 24.2. The van der Waals surface area contributed by atoms with Crippen LogP contribution in [-0.4, -0.2) is 46.3 Å². The number of carboxylic acid groups (broad SMARTS) is 1. The van der Waals surface area contributed by atoms with Crippen LogP contribution in [0.25, 0.3) is 11.1 Å². The van der Waals surface area contributed by atoms with E-state index in [1.165, 1.54) is 20.2 Å². The van der Waals surface area contributed by atoms with E-state index in [-0.39, 0.29) is 6.10 Å². The van der Waals surface area contributed by atoms with Crippen LogP contribution in [0.5, 0.6) is 11.6 Å². The van der Waals surface area contributed by atoms with Crippen LogP contribution in [0.3, 0.4) is 0 Å². The molecule has 2 aliphatic rings. The maximum atomic E-state index is 15.1. The molecule has 5 rings (SSSR count). The number of aliphatic hydroxyl groups is 1. The number of piperidine rings is 1. The van der Waals surface area contributed by atoms with Crippen LogP contribution >= 0.6 is 0 Å². The van der Waals surface area contributed by atoms with Gasteiger partial charge in [0.1, 0.15) is 17.7 Å². The first-order chi connectivity index (χ1) is 19.5. The summed E-state index contributed by atoms with van der Waals surface area (Å²) >= 11 is 0. The number of hydrogen-bond donors (Lipinski definition) is 2. The Morgan fingerprint density at radius 3 is 2.63 bits per heavy atom. The Morgan fingerprint density at radius 2 is 1.93 bits per heavy atom. The number of aliphatic carboxylic acids is 1. The van der Waals surface area contributed by atoms with Crippen molar-refractivity contribution in [3.8, 4) is 22.8 Å². The first-order valence-electron chi connectivity index (χ1n) is 14.3. The number of methoxy groups -OCH3 is 1. The molecule has 218 valence electrons. The van der Waals surface area contributed by atoms with E-state index in [4.69, 9.17) is 9.47 Å². The van der Waals surface area contributed by atoms with Crippen molar-refractivity contribution in [2.45, 2.75) is 65.2 Å². The lowest BCUT2D eigenvalue weighted by Crippen LogP contribution is -2.36. The molecule has 3 atom stereocenters. The molecule has 0 aliphatic carbocycles. The highest BCUT2D eigenvalue weighted by Crippen LogP contribution is 2.40. The number of rotatable bonds is 8. The minimum absolute atomic E-state index is 0.225. The van der Waals surface area contributed by atoms with Gasteiger partial charge in [-0.2, -0.15) is 0 Å². The maximum Gasteiger partial charge on any atom is 0.309 e. The molecule has 0 amide bonds. The van der Waals surface area contributed by atoms with Gasteiger partial charge in [0.25, 0.3) is 0 Å². The molecule has 0 saturated carbocycles. The van der Waals surface area contributed by atoms with Gasteiger partial charge >= 0.3 is 5.97 Å². The third-order valence-corrected chi connectivity index (χ3v) is 8.68. The van der Waals surface area contributed by atoms with Crippen molar-refractivity contribution >= 4 is 5.97 Å².